The van der Waals surface area contributed by atoms with E-state index in [2.05, 4.69) is 0 Å². The summed E-state index contributed by atoms with van der Waals surface area (Å²) < 4.78 is 57.3. The molecule has 0 saturated carbocycles. The molecule has 0 atom stereocenters. The summed E-state index contributed by atoms with van der Waals surface area (Å²) in [5.74, 6) is 0. The molecular formula is H2INaO7S. The van der Waals surface area contributed by atoms with E-state index in [4.69, 9.17) is 27.1 Å². The first kappa shape index (κ1) is 17.7. The Balaban J connectivity index is -0.0000000910. The van der Waals surface area contributed by atoms with Gasteiger partial charge in [-0.15, -0.1) is 0 Å². The molecule has 2 N–H and O–H groups in total. The number of hydrogen-bond donors (Lipinski definition) is 2. The number of halogens is 1. The van der Waals surface area contributed by atoms with Crippen LogP contribution in [0.5, 0.6) is 0 Å². The molecule has 0 rings (SSSR count). The van der Waals surface area contributed by atoms with Gasteiger partial charge in [-0.3, -0.25) is 22.8 Å². The Labute approximate surface area is 87.2 Å². The second-order valence-electron chi connectivity index (χ2n) is 0.609. The predicted octanol–water partition coefficient (Wildman–Crippen LogP) is -11.1. The largest absolute Gasteiger partial charge is 1.00 e. The van der Waals surface area contributed by atoms with Gasteiger partial charge in [-0.1, -0.05) is 0 Å². The van der Waals surface area contributed by atoms with Gasteiger partial charge in [-0.2, -0.15) is 4.21 Å². The average Bonchev–Trinajstić information content (AvgIpc) is 1.19. The van der Waals surface area contributed by atoms with Crippen molar-refractivity contribution in [3.05, 3.63) is 0 Å². The van der Waals surface area contributed by atoms with E-state index >= 15 is 0 Å². The molecular weight excluding hydrogens is 294 g/mol. The summed E-state index contributed by atoms with van der Waals surface area (Å²) in [5, 5.41) is 0. The molecule has 10 heavy (non-hydrogen) atoms. The van der Waals surface area contributed by atoms with Gasteiger partial charge < -0.3 is 0 Å². The molecule has 0 saturated heterocycles. The van der Waals surface area contributed by atoms with Crippen LogP contribution >= 0.6 is 0 Å². The summed E-state index contributed by atoms with van der Waals surface area (Å²) in [4.78, 5) is 0. The Morgan fingerprint density at radius 1 is 1.10 bits per heavy atom. The van der Waals surface area contributed by atoms with Crippen LogP contribution in [0.25, 0.3) is 0 Å². The molecule has 0 aromatic rings. The summed E-state index contributed by atoms with van der Waals surface area (Å²) >= 11 is -8.55. The third-order valence-corrected chi connectivity index (χ3v) is 0. The van der Waals surface area contributed by atoms with Crippen LogP contribution in [0.1, 0.15) is 0 Å². The van der Waals surface area contributed by atoms with Gasteiger partial charge in [0.2, 0.25) is 0 Å². The number of hydrogen-bond acceptors (Lipinski definition) is 5. The maximum atomic E-state index is 8.67. The molecule has 0 heterocycles. The van der Waals surface area contributed by atoms with Gasteiger partial charge in [0.1, 0.15) is 20.1 Å². The van der Waals surface area contributed by atoms with E-state index in [0.29, 0.717) is 0 Å². The number of rotatable bonds is 0. The van der Waals surface area contributed by atoms with Gasteiger partial charge in [0.15, 0.2) is 0 Å². The van der Waals surface area contributed by atoms with Crippen molar-refractivity contribution in [1.29, 1.82) is 0 Å². The van der Waals surface area contributed by atoms with Gasteiger partial charge in [-0.05, 0) is 0 Å². The first-order valence-corrected chi connectivity index (χ1v) is 5.74. The van der Waals surface area contributed by atoms with Gasteiger partial charge in [-0.25, -0.2) is 0 Å². The Bertz CT molecular complexity index is 76.1. The second kappa shape index (κ2) is 8.73. The molecule has 0 radical (unpaired) electrons. The first-order chi connectivity index (χ1) is 3.73. The minimum Gasteiger partial charge on any atom is -0.286 e. The Morgan fingerprint density at radius 2 is 1.10 bits per heavy atom. The summed E-state index contributed by atoms with van der Waals surface area (Å²) in [6.45, 7) is 0. The predicted molar refractivity (Wildman–Crippen MR) is 13.4 cm³/mol. The first-order valence-electron chi connectivity index (χ1n) is 1.15. The third-order valence-electron chi connectivity index (χ3n) is 0. The molecule has 58 valence electrons. The van der Waals surface area contributed by atoms with Gasteiger partial charge in [0, 0.05) is 0 Å². The summed E-state index contributed by atoms with van der Waals surface area (Å²) in [7, 11) is 0. The summed E-state index contributed by atoms with van der Waals surface area (Å²) in [6.07, 6.45) is 0. The Morgan fingerprint density at radius 3 is 1.10 bits per heavy atom. The second-order valence-corrected chi connectivity index (χ2v) is 3.23. The zero-order valence-electron chi connectivity index (χ0n) is 4.72. The van der Waals surface area contributed by atoms with E-state index in [1.165, 1.54) is 0 Å². The fourth-order valence-electron chi connectivity index (χ4n) is 0. The van der Waals surface area contributed by atoms with Crippen molar-refractivity contribution in [2.75, 3.05) is 0 Å². The van der Waals surface area contributed by atoms with E-state index in [1.54, 1.807) is 0 Å². The zero-order valence-corrected chi connectivity index (χ0v) is 9.70. The minimum absolute atomic E-state index is 0. The quantitative estimate of drug-likeness (QED) is 0.256. The molecule has 7 nitrogen and oxygen atoms in total. The molecule has 0 amide bonds. The molecule has 0 bridgehead atoms. The van der Waals surface area contributed by atoms with Crippen LogP contribution in [0, 0.1) is 0 Å². The molecule has 0 aliphatic rings. The maximum absolute atomic E-state index is 8.67. The summed E-state index contributed by atoms with van der Waals surface area (Å²) in [5.41, 5.74) is 0. The smallest absolute Gasteiger partial charge is 0.286 e. The summed E-state index contributed by atoms with van der Waals surface area (Å²) in [6, 6.07) is 0. The van der Waals surface area contributed by atoms with Gasteiger partial charge in [0.25, 0.3) is 11.4 Å². The maximum Gasteiger partial charge on any atom is 1.00 e. The molecule has 0 unspecified atom stereocenters. The fourth-order valence-corrected chi connectivity index (χ4v) is 0. The minimum atomic E-state index is -5.94. The van der Waals surface area contributed by atoms with Crippen LogP contribution in [0.15, 0.2) is 0 Å². The van der Waals surface area contributed by atoms with Crippen LogP contribution in [0.2, 0.25) is 0 Å². The van der Waals surface area contributed by atoms with Crippen LogP contribution in [0.3, 0.4) is 0 Å². The Hall–Kier alpha value is 1.64. The normalized spacial score (nSPS) is 9.50. The monoisotopic (exact) mass is 296 g/mol. The van der Waals surface area contributed by atoms with Crippen molar-refractivity contribution in [3.8, 4) is 0 Å². The van der Waals surface area contributed by atoms with E-state index in [0.717, 1.165) is 0 Å². The van der Waals surface area contributed by atoms with Gasteiger partial charge >= 0.3 is 29.6 Å². The van der Waals surface area contributed by atoms with Crippen LogP contribution < -0.4 is 63.4 Å². The van der Waals surface area contributed by atoms with Gasteiger partial charge in [0.05, 0.1) is 0 Å². The van der Waals surface area contributed by atoms with Crippen LogP contribution in [-0.4, -0.2) is 13.3 Å². The van der Waals surface area contributed by atoms with Crippen molar-refractivity contribution >= 4 is 11.4 Å². The topological polar surface area (TPSA) is 150 Å². The standard InChI is InChI=1S/IO4.Na.H2O3S/c2-1(3,4)5;;1-4(2)3/h;;(H2,1,2,3)/q-1;+1;. The van der Waals surface area contributed by atoms with E-state index < -0.39 is 31.5 Å². The average molecular weight is 296 g/mol. The molecule has 0 aromatic carbocycles. The van der Waals surface area contributed by atoms with E-state index in [1.807, 2.05) is 0 Å². The van der Waals surface area contributed by atoms with Crippen LogP contribution in [-0.2, 0) is 11.4 Å². The zero-order chi connectivity index (χ0) is 8.08. The Kier molecular flexibility index (Phi) is 15.4. The van der Waals surface area contributed by atoms with Crippen molar-refractivity contribution in [3.63, 3.8) is 0 Å². The van der Waals surface area contributed by atoms with Crippen LogP contribution in [0.4, 0.5) is 0 Å². The molecule has 0 aliphatic carbocycles. The molecule has 10 heteroatoms. The van der Waals surface area contributed by atoms with Crippen molar-refractivity contribution in [1.82, 2.24) is 0 Å². The van der Waals surface area contributed by atoms with Crippen molar-refractivity contribution in [2.45, 2.75) is 0 Å². The fraction of sp³-hybridized carbons (Fsp3) is 0. The van der Waals surface area contributed by atoms with Crippen molar-refractivity contribution in [2.24, 2.45) is 0 Å². The molecule has 0 aliphatic heterocycles. The third kappa shape index (κ3) is 268. The van der Waals surface area contributed by atoms with E-state index in [9.17, 15) is 0 Å². The SMILES string of the molecule is O=S(O)O.[Na+].[O-][I+3]([O-])([O-])[O-]. The molecule has 0 fully saturated rings. The van der Waals surface area contributed by atoms with E-state index in [-0.39, 0.29) is 29.6 Å². The molecule has 0 aromatic heterocycles. The van der Waals surface area contributed by atoms with Crippen molar-refractivity contribution < 1.29 is 76.7 Å². The molecule has 0 spiro atoms.